The second kappa shape index (κ2) is 18.7. The van der Waals surface area contributed by atoms with Gasteiger partial charge >= 0.3 is 0 Å². The Balaban J connectivity index is 1.30. The Bertz CT molecular complexity index is 1660. The molecule has 1 aromatic rings. The maximum Gasteiger partial charge on any atom is 0.255 e. The number of halogens is 2. The Labute approximate surface area is 323 Å². The Morgan fingerprint density at radius 2 is 1.74 bits per heavy atom. The van der Waals surface area contributed by atoms with E-state index in [1.165, 1.54) is 19.8 Å². The molecule has 1 aromatic carbocycles. The third-order valence-electron chi connectivity index (χ3n) is 11.7. The first-order valence-corrected chi connectivity index (χ1v) is 19.9. The van der Waals surface area contributed by atoms with Crippen molar-refractivity contribution in [3.8, 4) is 0 Å². The van der Waals surface area contributed by atoms with Crippen molar-refractivity contribution >= 4 is 23.1 Å². The fourth-order valence-corrected chi connectivity index (χ4v) is 7.46. The van der Waals surface area contributed by atoms with E-state index in [1.807, 2.05) is 44.2 Å². The molecule has 2 aliphatic carbocycles. The van der Waals surface area contributed by atoms with E-state index in [-0.39, 0.29) is 53.3 Å². The number of benzene rings is 1. The van der Waals surface area contributed by atoms with Gasteiger partial charge in [0.05, 0.1) is 23.3 Å². The highest BCUT2D eigenvalue weighted by molar-refractivity contribution is 6.39. The first kappa shape index (κ1) is 42.9. The summed E-state index contributed by atoms with van der Waals surface area (Å²) in [5.74, 6) is 1.32. The van der Waals surface area contributed by atoms with Crippen LogP contribution in [0.3, 0.4) is 0 Å². The van der Waals surface area contributed by atoms with E-state index in [2.05, 4.69) is 46.0 Å². The number of allylic oxidation sites excluding steroid dienone is 6. The smallest absolute Gasteiger partial charge is 0.255 e. The number of Topliss-reactive ketones (excluding diaryl/α,β-unsaturated/α-hetero) is 1. The number of amides is 1. The average Bonchev–Trinajstić information content (AvgIpc) is 3.30. The molecule has 1 saturated carbocycles. The van der Waals surface area contributed by atoms with Gasteiger partial charge < -0.3 is 20.2 Å². The summed E-state index contributed by atoms with van der Waals surface area (Å²) in [7, 11) is 0. The van der Waals surface area contributed by atoms with Crippen LogP contribution in [0, 0.1) is 27.6 Å². The highest BCUT2D eigenvalue weighted by Crippen LogP contribution is 2.45. The van der Waals surface area contributed by atoms with E-state index in [1.54, 1.807) is 18.2 Å². The Morgan fingerprint density at radius 3 is 2.43 bits per heavy atom. The van der Waals surface area contributed by atoms with E-state index in [4.69, 9.17) is 14.9 Å². The number of ether oxygens (including phenoxy) is 2. The molecule has 0 bridgehead atoms. The zero-order valence-corrected chi connectivity index (χ0v) is 34.0. The lowest BCUT2D eigenvalue weighted by molar-refractivity contribution is -0.113. The second-order valence-corrected chi connectivity index (χ2v) is 17.8. The van der Waals surface area contributed by atoms with E-state index in [0.29, 0.717) is 42.2 Å². The van der Waals surface area contributed by atoms with Gasteiger partial charge in [-0.05, 0) is 136 Å². The van der Waals surface area contributed by atoms with Gasteiger partial charge in [-0.3, -0.25) is 9.59 Å². The molecule has 296 valence electrons. The van der Waals surface area contributed by atoms with Gasteiger partial charge in [0, 0.05) is 30.5 Å². The van der Waals surface area contributed by atoms with Crippen LogP contribution in [0.2, 0.25) is 0 Å². The quantitative estimate of drug-likeness (QED) is 0.186. The number of rotatable bonds is 14. The second-order valence-electron chi connectivity index (χ2n) is 17.8. The highest BCUT2D eigenvalue weighted by atomic mass is 19.1. The van der Waals surface area contributed by atoms with Crippen molar-refractivity contribution < 1.29 is 27.8 Å². The topological polar surface area (TPSA) is 88.5 Å². The van der Waals surface area contributed by atoms with Gasteiger partial charge in [-0.15, -0.1) is 0 Å². The third-order valence-corrected chi connectivity index (χ3v) is 11.7. The van der Waals surface area contributed by atoms with E-state index in [0.717, 1.165) is 48.2 Å². The highest BCUT2D eigenvalue weighted by Gasteiger charge is 2.37. The lowest BCUT2D eigenvalue weighted by atomic mass is 9.66. The lowest BCUT2D eigenvalue weighted by Crippen LogP contribution is -2.35. The minimum atomic E-state index is -1.32. The summed E-state index contributed by atoms with van der Waals surface area (Å²) >= 11 is 0. The van der Waals surface area contributed by atoms with Gasteiger partial charge in [0.25, 0.3) is 5.91 Å². The predicted molar refractivity (Wildman–Crippen MR) is 216 cm³/mol. The molecule has 4 rings (SSSR count). The van der Waals surface area contributed by atoms with Crippen molar-refractivity contribution in [2.75, 3.05) is 18.7 Å². The minimum absolute atomic E-state index is 0.0183. The number of hydrogen-bond acceptors (Lipinski definition) is 5. The van der Waals surface area contributed by atoms with E-state index < -0.39 is 18.8 Å². The van der Waals surface area contributed by atoms with Crippen LogP contribution in [0.4, 0.5) is 14.5 Å². The monoisotopic (exact) mass is 746 g/mol. The summed E-state index contributed by atoms with van der Waals surface area (Å²) in [4.78, 5) is 26.4. The Kier molecular flexibility index (Phi) is 14.9. The first-order chi connectivity index (χ1) is 25.4. The van der Waals surface area contributed by atoms with Gasteiger partial charge in [0.2, 0.25) is 0 Å². The van der Waals surface area contributed by atoms with Crippen LogP contribution >= 0.6 is 0 Å². The summed E-state index contributed by atoms with van der Waals surface area (Å²) in [5.41, 5.74) is 3.05. The fraction of sp³-hybridized carbons (Fsp3) is 0.587. The van der Waals surface area contributed by atoms with Crippen LogP contribution in [0.25, 0.3) is 0 Å². The van der Waals surface area contributed by atoms with Gasteiger partial charge in [-0.1, -0.05) is 58.4 Å². The number of carbonyl (C=O) groups is 2. The number of ketones is 1. The predicted octanol–water partition coefficient (Wildman–Crippen LogP) is 11.7. The zero-order chi connectivity index (χ0) is 39.7. The van der Waals surface area contributed by atoms with Crippen LogP contribution in [0.5, 0.6) is 0 Å². The molecule has 0 radical (unpaired) electrons. The molecule has 1 amide bonds. The maximum absolute atomic E-state index is 13.7. The van der Waals surface area contributed by atoms with Crippen LogP contribution < -0.4 is 5.32 Å². The number of carbonyl (C=O) groups excluding carboxylic acids is 2. The number of alkyl halides is 2. The molecule has 0 spiro atoms. The molecule has 6 nitrogen and oxygen atoms in total. The molecule has 8 heteroatoms. The van der Waals surface area contributed by atoms with Crippen molar-refractivity contribution in [2.45, 2.75) is 138 Å². The summed E-state index contributed by atoms with van der Waals surface area (Å²) in [6, 6.07) is 7.26. The number of hydrogen-bond donors (Lipinski definition) is 2. The molecule has 1 heterocycles. The van der Waals surface area contributed by atoms with Crippen molar-refractivity contribution in [1.29, 1.82) is 5.41 Å². The van der Waals surface area contributed by atoms with Crippen molar-refractivity contribution in [2.24, 2.45) is 22.2 Å². The molecule has 0 aromatic heterocycles. The summed E-state index contributed by atoms with van der Waals surface area (Å²) < 4.78 is 39.9. The van der Waals surface area contributed by atoms with Crippen LogP contribution in [0.1, 0.15) is 125 Å². The van der Waals surface area contributed by atoms with Crippen LogP contribution in [-0.2, 0) is 25.5 Å². The number of anilines is 1. The molecular formula is C46H64F2N2O4. The third kappa shape index (κ3) is 12.1. The fourth-order valence-electron chi connectivity index (χ4n) is 7.46. The Morgan fingerprint density at radius 1 is 1.04 bits per heavy atom. The number of nitrogens with one attached hydrogen (secondary N) is 2. The molecule has 2 N–H and O–H groups in total. The largest absolute Gasteiger partial charge is 0.494 e. The van der Waals surface area contributed by atoms with Crippen LogP contribution in [-0.4, -0.2) is 43.0 Å². The summed E-state index contributed by atoms with van der Waals surface area (Å²) in [5, 5.41) is 11.5. The molecule has 3 atom stereocenters. The maximum atomic E-state index is 13.7. The summed E-state index contributed by atoms with van der Waals surface area (Å²) in [6.07, 6.45) is 17.6. The van der Waals surface area contributed by atoms with Gasteiger partial charge in [0.15, 0.2) is 5.78 Å². The molecule has 1 fully saturated rings. The molecule has 54 heavy (non-hydrogen) atoms. The minimum Gasteiger partial charge on any atom is -0.494 e. The van der Waals surface area contributed by atoms with Gasteiger partial charge in [-0.2, -0.15) is 0 Å². The average molecular weight is 747 g/mol. The SMILES string of the molecule is CC1=C(C(=O)Nc2ccc(CC(=N)C(=O)CCCC3=CCC(C)OC(C(C)(CF)CF)=C3)cc2)C=CC(OC2CC(C)(C)CCC(C)C(C)(C)C2)=CCC1. The van der Waals surface area contributed by atoms with E-state index >= 15 is 0 Å². The molecular weight excluding hydrogens is 683 g/mol. The van der Waals surface area contributed by atoms with Gasteiger partial charge in [0.1, 0.15) is 24.9 Å². The molecule has 0 saturated heterocycles. The molecule has 1 aliphatic heterocycles. The molecule has 3 unspecified atom stereocenters. The van der Waals surface area contributed by atoms with Crippen molar-refractivity contribution in [1.82, 2.24) is 0 Å². The first-order valence-electron chi connectivity index (χ1n) is 19.9. The summed E-state index contributed by atoms with van der Waals surface area (Å²) in [6.45, 7) is 15.4. The zero-order valence-electron chi connectivity index (χ0n) is 34.0. The molecule has 3 aliphatic rings. The van der Waals surface area contributed by atoms with Crippen molar-refractivity contribution in [3.05, 3.63) is 88.4 Å². The van der Waals surface area contributed by atoms with Crippen molar-refractivity contribution in [3.63, 3.8) is 0 Å². The lowest BCUT2D eigenvalue weighted by Gasteiger charge is -2.42. The van der Waals surface area contributed by atoms with E-state index in [9.17, 15) is 18.4 Å². The van der Waals surface area contributed by atoms with Gasteiger partial charge in [-0.25, -0.2) is 8.78 Å². The normalized spacial score (nSPS) is 23.2. The Hall–Kier alpha value is -3.81. The standard InChI is InChI=1S/C46H64F2N2O4/c1-31-11-9-13-37(54-38-27-44(4,5)24-23-32(2)45(6,7)28-38)21-22-39(31)43(52)50-36-19-17-35(18-20-36)25-40(49)41(51)14-10-12-34-16-15-33(3)53-42(26-34)46(8,29-47)30-48/h13,16-22,26,32-33,38,49H,9-12,14-15,23-25,27-30H2,1-8H3,(H,50,52). The van der Waals surface area contributed by atoms with Crippen LogP contribution in [0.15, 0.2) is 82.9 Å².